The van der Waals surface area contributed by atoms with Crippen LogP contribution < -0.4 is 25.3 Å². The van der Waals surface area contributed by atoms with Gasteiger partial charge < -0.3 is 29.5 Å². The quantitative estimate of drug-likeness (QED) is 0.308. The predicted octanol–water partition coefficient (Wildman–Crippen LogP) is 4.49. The number of aromatic carboxylic acids is 1. The second-order valence-corrected chi connectivity index (χ2v) is 12.2. The number of aromatic nitrogens is 3. The zero-order valence-corrected chi connectivity index (χ0v) is 24.8. The van der Waals surface area contributed by atoms with Gasteiger partial charge in [-0.15, -0.1) is 0 Å². The van der Waals surface area contributed by atoms with Crippen LogP contribution in [0.4, 0.5) is 11.5 Å². The zero-order valence-electron chi connectivity index (χ0n) is 23.2. The van der Waals surface area contributed by atoms with Crippen LogP contribution in [0.3, 0.4) is 0 Å². The third-order valence-electron chi connectivity index (χ3n) is 8.85. The molecular weight excluding hydrogens is 591 g/mol. The van der Waals surface area contributed by atoms with Gasteiger partial charge in [0.05, 0.1) is 34.2 Å². The number of benzene rings is 1. The Bertz CT molecular complexity index is 1750. The van der Waals surface area contributed by atoms with E-state index in [1.165, 1.54) is 6.20 Å². The predicted molar refractivity (Wildman–Crippen MR) is 166 cm³/mol. The molecule has 3 aromatic heterocycles. The van der Waals surface area contributed by atoms with Crippen molar-refractivity contribution in [3.8, 4) is 11.6 Å². The lowest BCUT2D eigenvalue weighted by Crippen LogP contribution is -2.34. The van der Waals surface area contributed by atoms with Crippen LogP contribution in [0.25, 0.3) is 16.6 Å². The molecule has 1 aromatic carbocycles. The van der Waals surface area contributed by atoms with Crippen molar-refractivity contribution in [3.05, 3.63) is 80.8 Å². The van der Waals surface area contributed by atoms with E-state index in [4.69, 9.17) is 32.9 Å². The third kappa shape index (κ3) is 5.17. The highest BCUT2D eigenvalue weighted by Crippen LogP contribution is 2.36. The number of carboxylic acid groups (broad SMARTS) is 1. The number of halogens is 2. The summed E-state index contributed by atoms with van der Waals surface area (Å²) < 4.78 is 7.68. The van der Waals surface area contributed by atoms with Crippen LogP contribution in [0, 0.1) is 11.8 Å². The molecule has 222 valence electrons. The van der Waals surface area contributed by atoms with E-state index in [2.05, 4.69) is 20.1 Å². The number of pyridine rings is 3. The van der Waals surface area contributed by atoms with Crippen LogP contribution in [-0.2, 0) is 0 Å². The van der Waals surface area contributed by atoms with Gasteiger partial charge in [0.2, 0.25) is 11.3 Å². The van der Waals surface area contributed by atoms with Crippen molar-refractivity contribution < 1.29 is 14.6 Å². The van der Waals surface area contributed by atoms with Gasteiger partial charge in [-0.1, -0.05) is 23.2 Å². The second kappa shape index (κ2) is 11.3. The molecule has 3 aliphatic heterocycles. The number of fused-ring (bicyclic) bond motifs is 2. The molecule has 0 aliphatic carbocycles. The van der Waals surface area contributed by atoms with Gasteiger partial charge in [-0.25, -0.2) is 14.8 Å². The maximum Gasteiger partial charge on any atom is 0.341 e. The summed E-state index contributed by atoms with van der Waals surface area (Å²) in [6.07, 6.45) is 6.55. The summed E-state index contributed by atoms with van der Waals surface area (Å²) in [6.45, 7) is 5.09. The summed E-state index contributed by atoms with van der Waals surface area (Å²) >= 11 is 13.0. The Labute approximate surface area is 257 Å². The summed E-state index contributed by atoms with van der Waals surface area (Å²) in [7, 11) is 0. The van der Waals surface area contributed by atoms with Gasteiger partial charge in [0, 0.05) is 50.5 Å². The number of ether oxygens (including phenoxy) is 1. The summed E-state index contributed by atoms with van der Waals surface area (Å²) in [5, 5.41) is 14.3. The molecule has 12 heteroatoms. The molecule has 0 bridgehead atoms. The van der Waals surface area contributed by atoms with Gasteiger partial charge in [0.1, 0.15) is 23.0 Å². The van der Waals surface area contributed by atoms with Crippen molar-refractivity contribution >= 4 is 51.6 Å². The number of nitrogens with zero attached hydrogens (tertiary/aromatic N) is 5. The van der Waals surface area contributed by atoms with Crippen LogP contribution >= 0.6 is 23.2 Å². The molecule has 2 unspecified atom stereocenters. The van der Waals surface area contributed by atoms with Crippen LogP contribution in [0.1, 0.15) is 23.2 Å². The zero-order chi connectivity index (χ0) is 29.7. The monoisotopic (exact) mass is 620 g/mol. The average Bonchev–Trinajstić information content (AvgIpc) is 3.74. The Morgan fingerprint density at radius 1 is 1.09 bits per heavy atom. The van der Waals surface area contributed by atoms with Gasteiger partial charge in [-0.2, -0.15) is 0 Å². The highest BCUT2D eigenvalue weighted by atomic mass is 35.5. The summed E-state index contributed by atoms with van der Waals surface area (Å²) in [6, 6.07) is 10.8. The van der Waals surface area contributed by atoms with Crippen LogP contribution in [0.5, 0.6) is 5.88 Å². The van der Waals surface area contributed by atoms with Crippen molar-refractivity contribution in [2.24, 2.45) is 11.8 Å². The van der Waals surface area contributed by atoms with Crippen molar-refractivity contribution in [1.82, 2.24) is 19.9 Å². The number of nitrogens with one attached hydrogen (secondary N) is 1. The minimum atomic E-state index is -1.30. The van der Waals surface area contributed by atoms with Gasteiger partial charge >= 0.3 is 5.97 Å². The van der Waals surface area contributed by atoms with E-state index >= 15 is 0 Å². The molecule has 0 saturated carbocycles. The molecule has 3 atom stereocenters. The van der Waals surface area contributed by atoms with Gasteiger partial charge in [0.25, 0.3) is 0 Å². The van der Waals surface area contributed by atoms with Crippen LogP contribution in [0.2, 0.25) is 10.0 Å². The smallest absolute Gasteiger partial charge is 0.341 e. The van der Waals surface area contributed by atoms with E-state index in [1.807, 2.05) is 18.2 Å². The number of hydrogen-bond acceptors (Lipinski definition) is 8. The fourth-order valence-corrected chi connectivity index (χ4v) is 7.10. The maximum absolute atomic E-state index is 13.3. The molecule has 3 saturated heterocycles. The molecule has 6 heterocycles. The van der Waals surface area contributed by atoms with E-state index in [-0.39, 0.29) is 17.0 Å². The Morgan fingerprint density at radius 3 is 2.63 bits per heavy atom. The van der Waals surface area contributed by atoms with E-state index in [0.29, 0.717) is 45.6 Å². The summed E-state index contributed by atoms with van der Waals surface area (Å²) in [4.78, 5) is 38.8. The van der Waals surface area contributed by atoms with Gasteiger partial charge in [-0.05, 0) is 61.1 Å². The Morgan fingerprint density at radius 2 is 1.91 bits per heavy atom. The lowest BCUT2D eigenvalue weighted by molar-refractivity contribution is 0.0695. The first kappa shape index (κ1) is 27.9. The van der Waals surface area contributed by atoms with Crippen molar-refractivity contribution in [1.29, 1.82) is 0 Å². The molecular formula is C31H30Cl2N6O4. The van der Waals surface area contributed by atoms with Crippen molar-refractivity contribution in [2.75, 3.05) is 49.1 Å². The molecule has 43 heavy (non-hydrogen) atoms. The number of carboxylic acids is 1. The van der Waals surface area contributed by atoms with Crippen molar-refractivity contribution in [3.63, 3.8) is 0 Å². The number of carbonyl (C=O) groups is 1. The number of anilines is 2. The molecule has 4 aromatic rings. The second-order valence-electron chi connectivity index (χ2n) is 11.4. The molecule has 2 N–H and O–H groups in total. The Kier molecular flexibility index (Phi) is 7.36. The minimum absolute atomic E-state index is 0.00240. The van der Waals surface area contributed by atoms with Crippen LogP contribution in [-0.4, -0.2) is 71.0 Å². The van der Waals surface area contributed by atoms with E-state index in [9.17, 15) is 14.7 Å². The lowest BCUT2D eigenvalue weighted by Gasteiger charge is -2.28. The molecule has 10 nitrogen and oxygen atoms in total. The Hall–Kier alpha value is -3.86. The highest BCUT2D eigenvalue weighted by Gasteiger charge is 2.36. The van der Waals surface area contributed by atoms with E-state index in [0.717, 1.165) is 57.1 Å². The fraction of sp³-hybridized carbons (Fsp3) is 0.355. The average molecular weight is 622 g/mol. The number of rotatable bonds is 7. The first-order valence-corrected chi connectivity index (χ1v) is 15.2. The Balaban J connectivity index is 1.24. The maximum atomic E-state index is 13.3. The molecule has 3 aliphatic rings. The fourth-order valence-electron chi connectivity index (χ4n) is 6.65. The molecule has 0 radical (unpaired) electrons. The van der Waals surface area contributed by atoms with Gasteiger partial charge in [0.15, 0.2) is 0 Å². The van der Waals surface area contributed by atoms with E-state index in [1.54, 1.807) is 35.2 Å². The molecule has 0 amide bonds. The SMILES string of the molecule is O=C(O)c1cn(-c2ccc(N3CC4CNCC4C3)nc2)c2cc(N3CCC[C@@H]3COc3ncccc3Cl)c(Cl)cc2c1=O. The first-order valence-electron chi connectivity index (χ1n) is 14.4. The number of hydrogen-bond donors (Lipinski definition) is 2. The topological polar surface area (TPSA) is 113 Å². The standard InChI is InChI=1S/C31H30Cl2N6O4/c32-24-4-1-7-35-30(24)43-17-21-3-2-8-38(21)27-10-26-22(9-25(27)33)29(40)23(31(41)42)16-39(26)20-5-6-28(36-13-20)37-14-18-11-34-12-19(18)15-37/h1,4-7,9-10,13,16,18-19,21,34H,2-3,8,11-12,14-15,17H2,(H,41,42)/t18?,19?,21-/m1/s1. The molecule has 0 spiro atoms. The summed E-state index contributed by atoms with van der Waals surface area (Å²) in [5.41, 5.74) is 1.02. The highest BCUT2D eigenvalue weighted by molar-refractivity contribution is 6.34. The first-order chi connectivity index (χ1) is 20.9. The largest absolute Gasteiger partial charge is 0.477 e. The molecule has 7 rings (SSSR count). The lowest BCUT2D eigenvalue weighted by atomic mass is 10.0. The van der Waals surface area contributed by atoms with Gasteiger partial charge in [-0.3, -0.25) is 4.79 Å². The van der Waals surface area contributed by atoms with Crippen LogP contribution in [0.15, 0.2) is 59.8 Å². The molecule has 3 fully saturated rings. The minimum Gasteiger partial charge on any atom is -0.477 e. The van der Waals surface area contributed by atoms with Crippen molar-refractivity contribution in [2.45, 2.75) is 18.9 Å². The normalized spacial score (nSPS) is 21.5. The summed E-state index contributed by atoms with van der Waals surface area (Å²) in [5.74, 6) is 1.23. The third-order valence-corrected chi connectivity index (χ3v) is 9.44. The van der Waals surface area contributed by atoms with E-state index < -0.39 is 11.4 Å².